The van der Waals surface area contributed by atoms with Crippen molar-refractivity contribution in [3.05, 3.63) is 40.7 Å². The predicted octanol–water partition coefficient (Wildman–Crippen LogP) is 3.42. The van der Waals surface area contributed by atoms with Gasteiger partial charge in [0, 0.05) is 7.05 Å². The molecule has 1 aromatic heterocycles. The summed E-state index contributed by atoms with van der Waals surface area (Å²) in [7, 11) is 1.86. The number of rotatable bonds is 3. The first-order chi connectivity index (χ1) is 9.67. The summed E-state index contributed by atoms with van der Waals surface area (Å²) < 4.78 is 5.97. The fourth-order valence-electron chi connectivity index (χ4n) is 2.67. The zero-order valence-corrected chi connectivity index (χ0v) is 12.2. The molecular weight excluding hydrogens is 250 g/mol. The van der Waals surface area contributed by atoms with E-state index in [2.05, 4.69) is 27.4 Å². The van der Waals surface area contributed by atoms with Crippen LogP contribution in [0.4, 0.5) is 5.82 Å². The normalized spacial score (nSPS) is 13.2. The maximum atomic E-state index is 5.97. The van der Waals surface area contributed by atoms with Gasteiger partial charge in [0.15, 0.2) is 0 Å². The number of aryl methyl sites for hydroxylation is 3. The monoisotopic (exact) mass is 269 g/mol. The molecule has 0 fully saturated rings. The number of benzene rings is 1. The maximum absolute atomic E-state index is 5.97. The molecule has 1 heterocycles. The summed E-state index contributed by atoms with van der Waals surface area (Å²) in [6.45, 7) is 3.84. The molecule has 1 aliphatic carbocycles. The van der Waals surface area contributed by atoms with Crippen LogP contribution in [0.5, 0.6) is 11.6 Å². The molecule has 0 radical (unpaired) electrons. The minimum Gasteiger partial charge on any atom is -0.439 e. The van der Waals surface area contributed by atoms with Gasteiger partial charge < -0.3 is 10.1 Å². The smallest absolute Gasteiger partial charge is 0.227 e. The van der Waals surface area contributed by atoms with Crippen molar-refractivity contribution in [2.24, 2.45) is 0 Å². The van der Waals surface area contributed by atoms with Crippen molar-refractivity contribution in [2.75, 3.05) is 12.4 Å². The Kier molecular flexibility index (Phi) is 3.30. The molecule has 4 heteroatoms. The molecule has 0 aliphatic heterocycles. The van der Waals surface area contributed by atoms with E-state index in [1.165, 1.54) is 24.0 Å². The van der Waals surface area contributed by atoms with E-state index in [0.29, 0.717) is 11.7 Å². The summed E-state index contributed by atoms with van der Waals surface area (Å²) in [6, 6.07) is 6.33. The molecule has 0 amide bonds. The molecule has 0 unspecified atom stereocenters. The number of anilines is 1. The minimum atomic E-state index is 0.625. The number of nitrogens with one attached hydrogen (secondary N) is 1. The topological polar surface area (TPSA) is 47.0 Å². The van der Waals surface area contributed by atoms with Crippen molar-refractivity contribution in [3.8, 4) is 11.6 Å². The molecule has 4 nitrogen and oxygen atoms in total. The van der Waals surface area contributed by atoms with E-state index < -0.39 is 0 Å². The zero-order valence-electron chi connectivity index (χ0n) is 12.2. The van der Waals surface area contributed by atoms with Crippen molar-refractivity contribution in [3.63, 3.8) is 0 Å². The fraction of sp³-hybridized carbons (Fsp3) is 0.375. The predicted molar refractivity (Wildman–Crippen MR) is 79.6 cm³/mol. The average Bonchev–Trinajstić information content (AvgIpc) is 2.90. The summed E-state index contributed by atoms with van der Waals surface area (Å²) in [5.74, 6) is 3.00. The van der Waals surface area contributed by atoms with E-state index in [-0.39, 0.29) is 0 Å². The lowest BCUT2D eigenvalue weighted by atomic mass is 10.1. The van der Waals surface area contributed by atoms with Crippen LogP contribution in [0.3, 0.4) is 0 Å². The summed E-state index contributed by atoms with van der Waals surface area (Å²) in [6.07, 6.45) is 3.58. The van der Waals surface area contributed by atoms with Crippen LogP contribution in [0.25, 0.3) is 0 Å². The third kappa shape index (κ3) is 2.33. The highest BCUT2D eigenvalue weighted by molar-refractivity contribution is 5.49. The molecule has 104 valence electrons. The maximum Gasteiger partial charge on any atom is 0.227 e. The Morgan fingerprint density at radius 3 is 2.70 bits per heavy atom. The highest BCUT2D eigenvalue weighted by atomic mass is 16.5. The number of fused-ring (bicyclic) bond motifs is 1. The second-order valence-corrected chi connectivity index (χ2v) is 5.19. The van der Waals surface area contributed by atoms with Gasteiger partial charge in [-0.2, -0.15) is 4.98 Å². The Bertz CT molecular complexity index is 652. The van der Waals surface area contributed by atoms with E-state index >= 15 is 0 Å². The van der Waals surface area contributed by atoms with Gasteiger partial charge in [0.2, 0.25) is 5.88 Å². The molecule has 1 N–H and O–H groups in total. The van der Waals surface area contributed by atoms with Gasteiger partial charge in [-0.1, -0.05) is 6.07 Å². The van der Waals surface area contributed by atoms with Crippen LogP contribution in [0.15, 0.2) is 18.2 Å². The molecule has 1 aliphatic rings. The van der Waals surface area contributed by atoms with Crippen LogP contribution in [0.1, 0.15) is 28.9 Å². The average molecular weight is 269 g/mol. The van der Waals surface area contributed by atoms with Gasteiger partial charge >= 0.3 is 0 Å². The highest BCUT2D eigenvalue weighted by Gasteiger charge is 2.14. The van der Waals surface area contributed by atoms with E-state index in [4.69, 9.17) is 4.74 Å². The van der Waals surface area contributed by atoms with Gasteiger partial charge in [-0.05, 0) is 56.4 Å². The molecule has 20 heavy (non-hydrogen) atoms. The first-order valence-corrected chi connectivity index (χ1v) is 7.00. The van der Waals surface area contributed by atoms with Crippen LogP contribution in [-0.2, 0) is 12.8 Å². The van der Waals surface area contributed by atoms with Gasteiger partial charge in [0.1, 0.15) is 17.4 Å². The van der Waals surface area contributed by atoms with Crippen molar-refractivity contribution in [1.82, 2.24) is 9.97 Å². The Morgan fingerprint density at radius 1 is 1.10 bits per heavy atom. The summed E-state index contributed by atoms with van der Waals surface area (Å²) >= 11 is 0. The second kappa shape index (κ2) is 5.12. The van der Waals surface area contributed by atoms with E-state index in [1.807, 2.05) is 27.0 Å². The van der Waals surface area contributed by atoms with Gasteiger partial charge in [0.25, 0.3) is 0 Å². The first-order valence-electron chi connectivity index (χ1n) is 7.00. The van der Waals surface area contributed by atoms with Crippen LogP contribution in [0, 0.1) is 13.8 Å². The zero-order chi connectivity index (χ0) is 14.1. The van der Waals surface area contributed by atoms with Crippen molar-refractivity contribution >= 4 is 5.82 Å². The Morgan fingerprint density at radius 2 is 1.90 bits per heavy atom. The fourth-order valence-corrected chi connectivity index (χ4v) is 2.67. The van der Waals surface area contributed by atoms with E-state index in [9.17, 15) is 0 Å². The third-order valence-electron chi connectivity index (χ3n) is 3.73. The van der Waals surface area contributed by atoms with Crippen LogP contribution >= 0.6 is 0 Å². The van der Waals surface area contributed by atoms with Crippen molar-refractivity contribution < 1.29 is 4.74 Å². The largest absolute Gasteiger partial charge is 0.439 e. The van der Waals surface area contributed by atoms with Crippen LogP contribution < -0.4 is 10.1 Å². The van der Waals surface area contributed by atoms with E-state index in [1.54, 1.807) is 0 Å². The summed E-state index contributed by atoms with van der Waals surface area (Å²) in [5, 5.41) is 3.07. The Labute approximate surface area is 119 Å². The molecule has 0 atom stereocenters. The highest BCUT2D eigenvalue weighted by Crippen LogP contribution is 2.30. The van der Waals surface area contributed by atoms with Gasteiger partial charge in [-0.3, -0.25) is 0 Å². The van der Waals surface area contributed by atoms with Gasteiger partial charge in [-0.25, -0.2) is 4.98 Å². The number of ether oxygens (including phenoxy) is 1. The lowest BCUT2D eigenvalue weighted by molar-refractivity contribution is 0.455. The van der Waals surface area contributed by atoms with Gasteiger partial charge in [0.05, 0.1) is 5.56 Å². The number of hydrogen-bond acceptors (Lipinski definition) is 4. The Balaban J connectivity index is 1.93. The third-order valence-corrected chi connectivity index (χ3v) is 3.73. The van der Waals surface area contributed by atoms with E-state index in [0.717, 1.165) is 23.6 Å². The van der Waals surface area contributed by atoms with Crippen molar-refractivity contribution in [2.45, 2.75) is 33.1 Å². The van der Waals surface area contributed by atoms with Crippen molar-refractivity contribution in [1.29, 1.82) is 0 Å². The van der Waals surface area contributed by atoms with Gasteiger partial charge in [-0.15, -0.1) is 0 Å². The standard InChI is InChI=1S/C16H19N3O/c1-10-15(17-3)18-11(2)19-16(10)20-14-8-7-12-5-4-6-13(12)9-14/h7-9H,4-6H2,1-3H3,(H,17,18,19). The number of aromatic nitrogens is 2. The SMILES string of the molecule is CNc1nc(C)nc(Oc2ccc3c(c2)CCC3)c1C. The lowest BCUT2D eigenvalue weighted by Crippen LogP contribution is -2.03. The molecule has 2 aromatic rings. The molecule has 0 bridgehead atoms. The summed E-state index contributed by atoms with van der Waals surface area (Å²) in [4.78, 5) is 8.75. The molecule has 1 aromatic carbocycles. The summed E-state index contributed by atoms with van der Waals surface area (Å²) in [5.41, 5.74) is 3.78. The second-order valence-electron chi connectivity index (χ2n) is 5.19. The number of nitrogens with zero attached hydrogens (tertiary/aromatic N) is 2. The first kappa shape index (κ1) is 12.9. The van der Waals surface area contributed by atoms with Crippen LogP contribution in [-0.4, -0.2) is 17.0 Å². The molecular formula is C16H19N3O. The quantitative estimate of drug-likeness (QED) is 0.927. The number of hydrogen-bond donors (Lipinski definition) is 1. The Hall–Kier alpha value is -2.10. The van der Waals surface area contributed by atoms with Crippen LogP contribution in [0.2, 0.25) is 0 Å². The molecule has 0 spiro atoms. The molecule has 3 rings (SSSR count). The lowest BCUT2D eigenvalue weighted by Gasteiger charge is -2.12. The minimum absolute atomic E-state index is 0.625. The molecule has 0 saturated carbocycles. The molecule has 0 saturated heterocycles.